The molecule has 1 rings (SSSR count). The van der Waals surface area contributed by atoms with Gasteiger partial charge in [0.15, 0.2) is 0 Å². The van der Waals surface area contributed by atoms with Crippen LogP contribution in [-0.2, 0) is 4.74 Å². The van der Waals surface area contributed by atoms with E-state index < -0.39 is 0 Å². The number of ether oxygens (including phenoxy) is 1. The van der Waals surface area contributed by atoms with E-state index >= 15 is 0 Å². The lowest BCUT2D eigenvalue weighted by Gasteiger charge is -2.30. The van der Waals surface area contributed by atoms with Gasteiger partial charge in [0.05, 0.1) is 6.61 Å². The predicted octanol–water partition coefficient (Wildman–Crippen LogP) is 2.44. The number of nitrogens with one attached hydrogen (secondary N) is 1. The number of hydrogen-bond donors (Lipinski definition) is 1. The summed E-state index contributed by atoms with van der Waals surface area (Å²) in [5, 5.41) is 3.32. The van der Waals surface area contributed by atoms with Crippen LogP contribution in [-0.4, -0.2) is 26.8 Å². The fourth-order valence-corrected chi connectivity index (χ4v) is 2.73. The van der Waals surface area contributed by atoms with Gasteiger partial charge in [-0.3, -0.25) is 0 Å². The molecule has 0 radical (unpaired) electrons. The maximum atomic E-state index is 5.55. The first-order chi connectivity index (χ1) is 6.72. The molecule has 0 saturated carbocycles. The molecule has 0 aliphatic carbocycles. The highest BCUT2D eigenvalue weighted by Gasteiger charge is 2.35. The molecule has 2 unspecified atom stereocenters. The lowest BCUT2D eigenvalue weighted by atomic mass is 9.78. The monoisotopic (exact) mass is 199 g/mol. The quantitative estimate of drug-likeness (QED) is 0.709. The first kappa shape index (κ1) is 12.0. The molecule has 14 heavy (non-hydrogen) atoms. The van der Waals surface area contributed by atoms with Gasteiger partial charge in [0.25, 0.3) is 0 Å². The average molecular weight is 199 g/mol. The number of hydrogen-bond acceptors (Lipinski definition) is 2. The summed E-state index contributed by atoms with van der Waals surface area (Å²) in [4.78, 5) is 0. The highest BCUT2D eigenvalue weighted by molar-refractivity contribution is 4.86. The van der Waals surface area contributed by atoms with Crippen LogP contribution in [0.2, 0.25) is 0 Å². The Morgan fingerprint density at radius 2 is 2.29 bits per heavy atom. The third kappa shape index (κ3) is 3.25. The van der Waals surface area contributed by atoms with Crippen LogP contribution in [0.5, 0.6) is 0 Å². The van der Waals surface area contributed by atoms with Crippen molar-refractivity contribution in [2.24, 2.45) is 11.3 Å². The van der Waals surface area contributed by atoms with Crippen molar-refractivity contribution < 1.29 is 4.74 Å². The molecule has 0 aromatic heterocycles. The van der Waals surface area contributed by atoms with Gasteiger partial charge < -0.3 is 10.1 Å². The van der Waals surface area contributed by atoms with Crippen LogP contribution in [0.25, 0.3) is 0 Å². The molecule has 1 aliphatic rings. The normalized spacial score (nSPS) is 29.4. The number of rotatable bonds is 6. The summed E-state index contributed by atoms with van der Waals surface area (Å²) >= 11 is 0. The second-order valence-electron chi connectivity index (χ2n) is 4.93. The van der Waals surface area contributed by atoms with Crippen LogP contribution in [0, 0.1) is 11.3 Å². The van der Waals surface area contributed by atoms with Crippen molar-refractivity contribution >= 4 is 0 Å². The van der Waals surface area contributed by atoms with Gasteiger partial charge in [-0.1, -0.05) is 26.7 Å². The Morgan fingerprint density at radius 3 is 2.79 bits per heavy atom. The van der Waals surface area contributed by atoms with Crippen molar-refractivity contribution in [3.8, 4) is 0 Å². The zero-order chi connectivity index (χ0) is 10.4. The average Bonchev–Trinajstić information content (AvgIpc) is 2.54. The van der Waals surface area contributed by atoms with E-state index in [-0.39, 0.29) is 0 Å². The zero-order valence-corrected chi connectivity index (χ0v) is 9.94. The first-order valence-electron chi connectivity index (χ1n) is 5.95. The molecule has 0 spiro atoms. The van der Waals surface area contributed by atoms with E-state index in [1.807, 2.05) is 7.05 Å². The molecular formula is C12H25NO. The topological polar surface area (TPSA) is 21.3 Å². The van der Waals surface area contributed by atoms with E-state index in [1.165, 1.54) is 25.7 Å². The molecule has 1 saturated heterocycles. The Labute approximate surface area is 88.4 Å². The Morgan fingerprint density at radius 1 is 1.50 bits per heavy atom. The van der Waals surface area contributed by atoms with Gasteiger partial charge >= 0.3 is 0 Å². The van der Waals surface area contributed by atoms with E-state index in [9.17, 15) is 0 Å². The second-order valence-corrected chi connectivity index (χ2v) is 4.93. The van der Waals surface area contributed by atoms with Gasteiger partial charge in [0.1, 0.15) is 0 Å². The minimum atomic E-state index is 0.434. The van der Waals surface area contributed by atoms with E-state index in [0.717, 1.165) is 25.7 Å². The lowest BCUT2D eigenvalue weighted by Crippen LogP contribution is -2.34. The summed E-state index contributed by atoms with van der Waals surface area (Å²) < 4.78 is 5.55. The van der Waals surface area contributed by atoms with Crippen molar-refractivity contribution in [2.75, 3.05) is 26.8 Å². The second kappa shape index (κ2) is 5.72. The standard InChI is InChI=1S/C12H25NO/c1-4-5-11(2)8-12(9-13-3)6-7-14-10-12/h11,13H,4-10H2,1-3H3. The summed E-state index contributed by atoms with van der Waals surface area (Å²) in [6.07, 6.45) is 5.21. The van der Waals surface area contributed by atoms with Gasteiger partial charge in [0, 0.05) is 18.6 Å². The first-order valence-corrected chi connectivity index (χ1v) is 5.95. The fraction of sp³-hybridized carbons (Fsp3) is 1.00. The van der Waals surface area contributed by atoms with Crippen molar-refractivity contribution in [3.63, 3.8) is 0 Å². The minimum Gasteiger partial charge on any atom is -0.381 e. The Hall–Kier alpha value is -0.0800. The highest BCUT2D eigenvalue weighted by Crippen LogP contribution is 2.35. The maximum absolute atomic E-state index is 5.55. The molecule has 1 fully saturated rings. The summed E-state index contributed by atoms with van der Waals surface area (Å²) in [5.41, 5.74) is 0.434. The fourth-order valence-electron chi connectivity index (χ4n) is 2.73. The molecule has 1 heterocycles. The molecule has 0 bridgehead atoms. The Balaban J connectivity index is 2.42. The smallest absolute Gasteiger partial charge is 0.0535 e. The van der Waals surface area contributed by atoms with Crippen molar-refractivity contribution in [1.29, 1.82) is 0 Å². The molecule has 0 aromatic carbocycles. The van der Waals surface area contributed by atoms with Crippen LogP contribution in [0.1, 0.15) is 39.5 Å². The lowest BCUT2D eigenvalue weighted by molar-refractivity contribution is 0.132. The van der Waals surface area contributed by atoms with Crippen molar-refractivity contribution in [2.45, 2.75) is 39.5 Å². The summed E-state index contributed by atoms with van der Waals surface area (Å²) in [6.45, 7) is 7.68. The molecule has 2 nitrogen and oxygen atoms in total. The van der Waals surface area contributed by atoms with Gasteiger partial charge in [-0.25, -0.2) is 0 Å². The molecule has 0 amide bonds. The van der Waals surface area contributed by atoms with E-state index in [0.29, 0.717) is 5.41 Å². The summed E-state index contributed by atoms with van der Waals surface area (Å²) in [5.74, 6) is 0.843. The van der Waals surface area contributed by atoms with Crippen LogP contribution in [0.15, 0.2) is 0 Å². The van der Waals surface area contributed by atoms with Crippen molar-refractivity contribution in [3.05, 3.63) is 0 Å². The Bertz CT molecular complexity index is 152. The predicted molar refractivity (Wildman–Crippen MR) is 60.5 cm³/mol. The third-order valence-corrected chi connectivity index (χ3v) is 3.30. The zero-order valence-electron chi connectivity index (χ0n) is 9.94. The van der Waals surface area contributed by atoms with Crippen LogP contribution in [0.3, 0.4) is 0 Å². The van der Waals surface area contributed by atoms with E-state index in [1.54, 1.807) is 0 Å². The van der Waals surface area contributed by atoms with Crippen molar-refractivity contribution in [1.82, 2.24) is 5.32 Å². The molecule has 2 heteroatoms. The molecule has 1 aliphatic heterocycles. The van der Waals surface area contributed by atoms with Gasteiger partial charge in [-0.05, 0) is 25.8 Å². The van der Waals surface area contributed by atoms with E-state index in [2.05, 4.69) is 19.2 Å². The molecule has 2 atom stereocenters. The third-order valence-electron chi connectivity index (χ3n) is 3.30. The SMILES string of the molecule is CCCC(C)CC1(CNC)CCOC1. The molecule has 0 aromatic rings. The summed E-state index contributed by atoms with van der Waals surface area (Å²) in [7, 11) is 2.05. The molecular weight excluding hydrogens is 174 g/mol. The highest BCUT2D eigenvalue weighted by atomic mass is 16.5. The summed E-state index contributed by atoms with van der Waals surface area (Å²) in [6, 6.07) is 0. The van der Waals surface area contributed by atoms with Gasteiger partial charge in [-0.2, -0.15) is 0 Å². The Kier molecular flexibility index (Phi) is 4.90. The largest absolute Gasteiger partial charge is 0.381 e. The van der Waals surface area contributed by atoms with E-state index in [4.69, 9.17) is 4.74 Å². The van der Waals surface area contributed by atoms with Gasteiger partial charge in [0.2, 0.25) is 0 Å². The maximum Gasteiger partial charge on any atom is 0.0535 e. The van der Waals surface area contributed by atoms with Crippen LogP contribution in [0.4, 0.5) is 0 Å². The molecule has 84 valence electrons. The minimum absolute atomic E-state index is 0.434. The van der Waals surface area contributed by atoms with Crippen LogP contribution >= 0.6 is 0 Å². The molecule has 1 N–H and O–H groups in total. The van der Waals surface area contributed by atoms with Gasteiger partial charge in [-0.15, -0.1) is 0 Å². The van der Waals surface area contributed by atoms with Crippen LogP contribution < -0.4 is 5.32 Å².